The topological polar surface area (TPSA) is 130 Å². The molecule has 0 aliphatic carbocycles. The van der Waals surface area contributed by atoms with Crippen LogP contribution < -0.4 is 20.1 Å². The number of carbonyl (C=O) groups excluding carboxylic acids is 2. The maximum atomic E-state index is 13.7. The Hall–Kier alpha value is -3.96. The molecule has 0 spiro atoms. The number of aliphatic hydroxyl groups excluding tert-OH is 2. The summed E-state index contributed by atoms with van der Waals surface area (Å²) in [5, 5.41) is 26.3. The molecule has 2 fully saturated rings. The maximum Gasteiger partial charge on any atom is 0.255 e. The van der Waals surface area contributed by atoms with Gasteiger partial charge in [-0.2, -0.15) is 0 Å². The largest absolute Gasteiger partial charge is 0.497 e. The lowest BCUT2D eigenvalue weighted by Gasteiger charge is -2.34. The van der Waals surface area contributed by atoms with Gasteiger partial charge in [-0.3, -0.25) is 14.5 Å². The van der Waals surface area contributed by atoms with Crippen molar-refractivity contribution in [2.24, 2.45) is 0 Å². The molecule has 5 atom stereocenters. The zero-order valence-electron chi connectivity index (χ0n) is 25.5. The van der Waals surface area contributed by atoms with Crippen molar-refractivity contribution >= 4 is 11.8 Å². The fourth-order valence-electron chi connectivity index (χ4n) is 6.46. The van der Waals surface area contributed by atoms with Crippen molar-refractivity contribution in [2.45, 2.75) is 69.2 Å². The summed E-state index contributed by atoms with van der Waals surface area (Å²) in [6.07, 6.45) is 0.968. The summed E-state index contributed by atoms with van der Waals surface area (Å²) < 4.78 is 17.8. The molecule has 0 saturated carbocycles. The first-order valence-electron chi connectivity index (χ1n) is 15.7. The number of nitrogens with zero attached hydrogens (tertiary/aromatic N) is 1. The quantitative estimate of drug-likeness (QED) is 0.345. The molecular formula is C35H41N3O7. The predicted molar refractivity (Wildman–Crippen MR) is 168 cm³/mol. The fraction of sp³-hybridized carbons (Fsp3) is 0.429. The van der Waals surface area contributed by atoms with Crippen LogP contribution in [0.3, 0.4) is 0 Å². The van der Waals surface area contributed by atoms with Crippen LogP contribution >= 0.6 is 0 Å². The van der Waals surface area contributed by atoms with Gasteiger partial charge in [0.1, 0.15) is 17.6 Å². The predicted octanol–water partition coefficient (Wildman–Crippen LogP) is 3.03. The van der Waals surface area contributed by atoms with Crippen LogP contribution in [0.4, 0.5) is 0 Å². The van der Waals surface area contributed by atoms with E-state index >= 15 is 0 Å². The van der Waals surface area contributed by atoms with E-state index in [9.17, 15) is 19.8 Å². The summed E-state index contributed by atoms with van der Waals surface area (Å²) in [6.45, 7) is 1.52. The van der Waals surface area contributed by atoms with E-state index in [0.717, 1.165) is 28.0 Å². The molecule has 3 aromatic rings. The highest BCUT2D eigenvalue weighted by Gasteiger charge is 2.39. The Labute approximate surface area is 263 Å². The molecule has 2 amide bonds. The SMILES string of the molecule is COc1ccc(CN2C[C@@H]3C[C@H]2C(=O)NC[C@H]2O[C@H](CCOc4cc(-c5ccc(CO)cc5)ccc4C(=O)N3)CC[C@@H]2O)cc1. The van der Waals surface area contributed by atoms with Crippen LogP contribution in [-0.4, -0.2) is 84.1 Å². The summed E-state index contributed by atoms with van der Waals surface area (Å²) in [5.74, 6) is 0.823. The van der Waals surface area contributed by atoms with Crippen LogP contribution in [0.1, 0.15) is 47.2 Å². The van der Waals surface area contributed by atoms with Crippen LogP contribution in [-0.2, 0) is 22.7 Å². The van der Waals surface area contributed by atoms with E-state index in [1.807, 2.05) is 60.7 Å². The van der Waals surface area contributed by atoms with E-state index in [0.29, 0.717) is 56.7 Å². The average Bonchev–Trinajstić information content (AvgIpc) is 3.46. The van der Waals surface area contributed by atoms with E-state index in [4.69, 9.17) is 14.2 Å². The van der Waals surface area contributed by atoms with Crippen LogP contribution in [0.5, 0.6) is 11.5 Å². The van der Waals surface area contributed by atoms with Crippen molar-refractivity contribution in [2.75, 3.05) is 26.8 Å². The monoisotopic (exact) mass is 615 g/mol. The van der Waals surface area contributed by atoms with Crippen LogP contribution in [0.15, 0.2) is 66.7 Å². The Morgan fingerprint density at radius 2 is 1.71 bits per heavy atom. The molecule has 3 heterocycles. The Balaban J connectivity index is 1.28. The lowest BCUT2D eigenvalue weighted by Crippen LogP contribution is -2.50. The van der Waals surface area contributed by atoms with Crippen molar-refractivity contribution in [3.63, 3.8) is 0 Å². The van der Waals surface area contributed by atoms with Crippen molar-refractivity contribution in [1.29, 1.82) is 0 Å². The number of hydrogen-bond donors (Lipinski definition) is 4. The highest BCUT2D eigenvalue weighted by Crippen LogP contribution is 2.30. The highest BCUT2D eigenvalue weighted by atomic mass is 16.5. The van der Waals surface area contributed by atoms with Gasteiger partial charge in [-0.1, -0.05) is 42.5 Å². The van der Waals surface area contributed by atoms with Gasteiger partial charge in [-0.15, -0.1) is 0 Å². The number of rotatable bonds is 5. The third kappa shape index (κ3) is 7.31. The first-order chi connectivity index (χ1) is 21.9. The van der Waals surface area contributed by atoms with Gasteiger partial charge in [-0.25, -0.2) is 0 Å². The van der Waals surface area contributed by atoms with E-state index in [-0.39, 0.29) is 37.1 Å². The number of nitrogens with one attached hydrogen (secondary N) is 2. The van der Waals surface area contributed by atoms with Gasteiger partial charge in [0.15, 0.2) is 0 Å². The van der Waals surface area contributed by atoms with Gasteiger partial charge >= 0.3 is 0 Å². The van der Waals surface area contributed by atoms with Crippen molar-refractivity contribution in [1.82, 2.24) is 15.5 Å². The number of benzene rings is 3. The second-order valence-electron chi connectivity index (χ2n) is 12.1. The van der Waals surface area contributed by atoms with Crippen LogP contribution in [0, 0.1) is 0 Å². The molecule has 3 aromatic carbocycles. The summed E-state index contributed by atoms with van der Waals surface area (Å²) in [7, 11) is 1.62. The number of carbonyl (C=O) groups is 2. The molecular weight excluding hydrogens is 574 g/mol. The zero-order valence-corrected chi connectivity index (χ0v) is 25.5. The fourth-order valence-corrected chi connectivity index (χ4v) is 6.46. The highest BCUT2D eigenvalue weighted by molar-refractivity contribution is 5.98. The molecule has 2 saturated heterocycles. The van der Waals surface area contributed by atoms with E-state index in [1.54, 1.807) is 13.2 Å². The lowest BCUT2D eigenvalue weighted by atomic mass is 9.99. The number of methoxy groups -OCH3 is 1. The summed E-state index contributed by atoms with van der Waals surface area (Å²) in [5.41, 5.74) is 4.10. The Morgan fingerprint density at radius 3 is 2.47 bits per heavy atom. The number of likely N-dealkylation sites (tertiary alicyclic amines) is 1. The number of amides is 2. The molecule has 3 aliphatic rings. The standard InChI is InChI=1S/C35H41N3O7/c1-43-27-9-4-22(5-10-27)19-38-20-26-17-30(38)35(42)36-18-33-31(40)13-11-28(45-33)14-15-44-32-16-25(8-12-29(32)34(41)37-26)24-6-2-23(21-39)3-7-24/h2-10,12,16,26,28,30-31,33,39-40H,11,13-15,17-21H2,1H3,(H,36,42)(H,37,41)/t26-,28-,30-,31-,33+/m0/s1. The molecule has 4 N–H and O–H groups in total. The van der Waals surface area contributed by atoms with E-state index < -0.39 is 18.2 Å². The minimum atomic E-state index is -0.659. The molecule has 0 unspecified atom stereocenters. The first-order valence-corrected chi connectivity index (χ1v) is 15.7. The van der Waals surface area contributed by atoms with Gasteiger partial charge in [0.25, 0.3) is 5.91 Å². The third-order valence-electron chi connectivity index (χ3n) is 9.04. The molecule has 10 nitrogen and oxygen atoms in total. The number of fused-ring (bicyclic) bond motifs is 5. The van der Waals surface area contributed by atoms with Crippen LogP contribution in [0.2, 0.25) is 0 Å². The molecule has 0 radical (unpaired) electrons. The summed E-state index contributed by atoms with van der Waals surface area (Å²) >= 11 is 0. The summed E-state index contributed by atoms with van der Waals surface area (Å²) in [6, 6.07) is 20.2. The third-order valence-corrected chi connectivity index (χ3v) is 9.04. The first kappa shape index (κ1) is 31.0. The van der Waals surface area contributed by atoms with E-state index in [1.165, 1.54) is 0 Å². The second-order valence-corrected chi connectivity index (χ2v) is 12.1. The molecule has 4 bridgehead atoms. The van der Waals surface area contributed by atoms with Gasteiger partial charge in [0.2, 0.25) is 5.91 Å². The Kier molecular flexibility index (Phi) is 9.65. The molecule has 0 aromatic heterocycles. The number of hydrogen-bond acceptors (Lipinski definition) is 8. The molecule has 238 valence electrons. The van der Waals surface area contributed by atoms with Crippen molar-refractivity contribution in [3.05, 3.63) is 83.4 Å². The second kappa shape index (κ2) is 14.0. The molecule has 45 heavy (non-hydrogen) atoms. The lowest BCUT2D eigenvalue weighted by molar-refractivity contribution is -0.133. The minimum Gasteiger partial charge on any atom is -0.497 e. The van der Waals surface area contributed by atoms with Crippen molar-refractivity contribution in [3.8, 4) is 22.6 Å². The summed E-state index contributed by atoms with van der Waals surface area (Å²) in [4.78, 5) is 29.4. The number of ether oxygens (including phenoxy) is 3. The number of aliphatic hydroxyl groups is 2. The molecule has 6 rings (SSSR count). The molecule has 3 aliphatic heterocycles. The van der Waals surface area contributed by atoms with Gasteiger partial charge < -0.3 is 35.1 Å². The normalized spacial score (nSPS) is 25.9. The average molecular weight is 616 g/mol. The van der Waals surface area contributed by atoms with Crippen LogP contribution in [0.25, 0.3) is 11.1 Å². The zero-order chi connectivity index (χ0) is 31.3. The smallest absolute Gasteiger partial charge is 0.255 e. The van der Waals surface area contributed by atoms with E-state index in [2.05, 4.69) is 15.5 Å². The van der Waals surface area contributed by atoms with Gasteiger partial charge in [0, 0.05) is 32.1 Å². The van der Waals surface area contributed by atoms with Crippen molar-refractivity contribution < 1.29 is 34.0 Å². The van der Waals surface area contributed by atoms with Gasteiger partial charge in [-0.05, 0) is 65.8 Å². The maximum absolute atomic E-state index is 13.7. The van der Waals surface area contributed by atoms with Gasteiger partial charge in [0.05, 0.1) is 44.1 Å². The Bertz CT molecular complexity index is 1480. The minimum absolute atomic E-state index is 0.0317. The molecule has 10 heteroatoms. The Morgan fingerprint density at radius 1 is 0.956 bits per heavy atom.